The largest absolute Gasteiger partial charge is 0.496 e. The SMILES string of the molecule is COc1ccc(C=C2C(=O)NC(=O)c3ccccc32)cc1Br. The average Bonchev–Trinajstić information content (AvgIpc) is 2.51. The van der Waals surface area contributed by atoms with Gasteiger partial charge in [0.2, 0.25) is 0 Å². The van der Waals surface area contributed by atoms with E-state index >= 15 is 0 Å². The summed E-state index contributed by atoms with van der Waals surface area (Å²) in [4.78, 5) is 24.0. The summed E-state index contributed by atoms with van der Waals surface area (Å²) in [5, 5.41) is 2.36. The Kier molecular flexibility index (Phi) is 3.81. The quantitative estimate of drug-likeness (QED) is 0.662. The van der Waals surface area contributed by atoms with Crippen molar-refractivity contribution in [2.24, 2.45) is 0 Å². The lowest BCUT2D eigenvalue weighted by molar-refractivity contribution is -0.114. The van der Waals surface area contributed by atoms with Crippen LogP contribution in [0.3, 0.4) is 0 Å². The molecule has 4 nitrogen and oxygen atoms in total. The van der Waals surface area contributed by atoms with Gasteiger partial charge >= 0.3 is 0 Å². The smallest absolute Gasteiger partial charge is 0.258 e. The molecular weight excluding hydrogens is 346 g/mol. The molecule has 1 heterocycles. The first kappa shape index (κ1) is 14.5. The lowest BCUT2D eigenvalue weighted by atomic mass is 9.93. The second-order valence-electron chi connectivity index (χ2n) is 4.78. The third-order valence-corrected chi connectivity index (χ3v) is 4.04. The molecule has 0 radical (unpaired) electrons. The number of amides is 2. The van der Waals surface area contributed by atoms with Crippen LogP contribution in [0, 0.1) is 0 Å². The number of fused-ring (bicyclic) bond motifs is 1. The Bertz CT molecular complexity index is 811. The minimum absolute atomic E-state index is 0.367. The highest BCUT2D eigenvalue weighted by Gasteiger charge is 2.26. The zero-order valence-corrected chi connectivity index (χ0v) is 13.3. The van der Waals surface area contributed by atoms with Gasteiger partial charge in [0.1, 0.15) is 5.75 Å². The molecule has 1 aliphatic heterocycles. The van der Waals surface area contributed by atoms with Crippen molar-refractivity contribution in [1.82, 2.24) is 5.32 Å². The molecule has 0 spiro atoms. The zero-order chi connectivity index (χ0) is 15.7. The Balaban J connectivity index is 2.10. The topological polar surface area (TPSA) is 55.4 Å². The third-order valence-electron chi connectivity index (χ3n) is 3.42. The molecule has 2 aromatic rings. The van der Waals surface area contributed by atoms with E-state index in [1.807, 2.05) is 24.3 Å². The van der Waals surface area contributed by atoms with Crippen molar-refractivity contribution in [2.75, 3.05) is 7.11 Å². The summed E-state index contributed by atoms with van der Waals surface area (Å²) < 4.78 is 5.99. The monoisotopic (exact) mass is 357 g/mol. The van der Waals surface area contributed by atoms with Gasteiger partial charge in [-0.15, -0.1) is 0 Å². The van der Waals surface area contributed by atoms with E-state index in [1.54, 1.807) is 31.4 Å². The van der Waals surface area contributed by atoms with E-state index in [1.165, 1.54) is 0 Å². The number of methoxy groups -OCH3 is 1. The van der Waals surface area contributed by atoms with Gasteiger partial charge in [-0.3, -0.25) is 14.9 Å². The summed E-state index contributed by atoms with van der Waals surface area (Å²) in [7, 11) is 1.59. The van der Waals surface area contributed by atoms with Gasteiger partial charge in [-0.1, -0.05) is 24.3 Å². The van der Waals surface area contributed by atoms with Gasteiger partial charge < -0.3 is 4.74 Å². The second kappa shape index (κ2) is 5.77. The number of nitrogens with one attached hydrogen (secondary N) is 1. The fraction of sp³-hybridized carbons (Fsp3) is 0.0588. The van der Waals surface area contributed by atoms with Gasteiger partial charge in [-0.05, 0) is 51.3 Å². The Morgan fingerprint density at radius 1 is 1.05 bits per heavy atom. The Labute approximate surface area is 135 Å². The lowest BCUT2D eigenvalue weighted by Crippen LogP contribution is -2.36. The van der Waals surface area contributed by atoms with Crippen molar-refractivity contribution in [3.8, 4) is 5.75 Å². The van der Waals surface area contributed by atoms with E-state index in [2.05, 4.69) is 21.2 Å². The summed E-state index contributed by atoms with van der Waals surface area (Å²) in [6.07, 6.45) is 1.75. The molecule has 110 valence electrons. The first-order valence-electron chi connectivity index (χ1n) is 6.60. The highest BCUT2D eigenvalue weighted by atomic mass is 79.9. The number of carbonyl (C=O) groups is 2. The van der Waals surface area contributed by atoms with Gasteiger partial charge in [0.15, 0.2) is 0 Å². The number of hydrogen-bond donors (Lipinski definition) is 1. The predicted molar refractivity (Wildman–Crippen MR) is 87.5 cm³/mol. The molecule has 0 atom stereocenters. The van der Waals surface area contributed by atoms with Crippen LogP contribution < -0.4 is 10.1 Å². The maximum Gasteiger partial charge on any atom is 0.258 e. The van der Waals surface area contributed by atoms with Gasteiger partial charge in [-0.2, -0.15) is 0 Å². The predicted octanol–water partition coefficient (Wildman–Crippen LogP) is 3.27. The zero-order valence-electron chi connectivity index (χ0n) is 11.7. The number of halogens is 1. The lowest BCUT2D eigenvalue weighted by Gasteiger charge is -2.18. The molecule has 0 saturated carbocycles. The summed E-state index contributed by atoms with van der Waals surface area (Å²) in [5.41, 5.74) is 2.44. The molecule has 2 amide bonds. The van der Waals surface area contributed by atoms with Gasteiger partial charge in [0, 0.05) is 11.1 Å². The van der Waals surface area contributed by atoms with Crippen molar-refractivity contribution in [1.29, 1.82) is 0 Å². The molecule has 0 fully saturated rings. The molecule has 0 bridgehead atoms. The minimum Gasteiger partial charge on any atom is -0.496 e. The fourth-order valence-electron chi connectivity index (χ4n) is 2.36. The van der Waals surface area contributed by atoms with Crippen LogP contribution in [0.25, 0.3) is 11.6 Å². The summed E-state index contributed by atoms with van der Waals surface area (Å²) in [5.74, 6) is -0.0462. The highest BCUT2D eigenvalue weighted by molar-refractivity contribution is 9.10. The van der Waals surface area contributed by atoms with E-state index in [0.29, 0.717) is 22.4 Å². The molecule has 1 N–H and O–H groups in total. The average molecular weight is 358 g/mol. The normalized spacial score (nSPS) is 15.5. The van der Waals surface area contributed by atoms with Crippen molar-refractivity contribution >= 4 is 39.4 Å². The molecule has 2 aromatic carbocycles. The molecular formula is C17H12BrNO3. The minimum atomic E-state index is -0.393. The summed E-state index contributed by atoms with van der Waals surface area (Å²) in [6.45, 7) is 0. The van der Waals surface area contributed by atoms with Crippen LogP contribution in [-0.2, 0) is 4.79 Å². The molecule has 0 saturated heterocycles. The molecule has 1 aliphatic rings. The van der Waals surface area contributed by atoms with Gasteiger partial charge in [0.25, 0.3) is 11.8 Å². The van der Waals surface area contributed by atoms with Crippen LogP contribution in [0.4, 0.5) is 0 Å². The van der Waals surface area contributed by atoms with Crippen LogP contribution in [0.2, 0.25) is 0 Å². The van der Waals surface area contributed by atoms with Crippen molar-refractivity contribution < 1.29 is 14.3 Å². The van der Waals surface area contributed by atoms with E-state index in [4.69, 9.17) is 4.74 Å². The molecule has 5 heteroatoms. The molecule has 22 heavy (non-hydrogen) atoms. The van der Waals surface area contributed by atoms with Crippen LogP contribution in [0.1, 0.15) is 21.5 Å². The van der Waals surface area contributed by atoms with Crippen LogP contribution in [-0.4, -0.2) is 18.9 Å². The standard InChI is InChI=1S/C17H12BrNO3/c1-22-15-7-6-10(9-14(15)18)8-13-11-4-2-3-5-12(11)16(20)19-17(13)21/h2-9H,1H3,(H,19,20,21). The first-order chi connectivity index (χ1) is 10.6. The maximum atomic E-state index is 12.1. The van der Waals surface area contributed by atoms with Crippen LogP contribution in [0.5, 0.6) is 5.75 Å². The molecule has 3 rings (SSSR count). The number of carbonyl (C=O) groups excluding carboxylic acids is 2. The second-order valence-corrected chi connectivity index (χ2v) is 5.64. The summed E-state index contributed by atoms with van der Waals surface area (Å²) >= 11 is 3.42. The van der Waals surface area contributed by atoms with E-state index in [0.717, 1.165) is 10.0 Å². The van der Waals surface area contributed by atoms with Gasteiger partial charge in [0.05, 0.1) is 11.6 Å². The van der Waals surface area contributed by atoms with E-state index in [-0.39, 0.29) is 5.91 Å². The number of rotatable bonds is 2. The van der Waals surface area contributed by atoms with Gasteiger partial charge in [-0.25, -0.2) is 0 Å². The summed E-state index contributed by atoms with van der Waals surface area (Å²) in [6, 6.07) is 12.6. The first-order valence-corrected chi connectivity index (χ1v) is 7.40. The Morgan fingerprint density at radius 2 is 1.77 bits per heavy atom. The van der Waals surface area contributed by atoms with Crippen LogP contribution >= 0.6 is 15.9 Å². The number of benzene rings is 2. The molecule has 0 aliphatic carbocycles. The van der Waals surface area contributed by atoms with Crippen molar-refractivity contribution in [2.45, 2.75) is 0 Å². The van der Waals surface area contributed by atoms with E-state index in [9.17, 15) is 9.59 Å². The highest BCUT2D eigenvalue weighted by Crippen LogP contribution is 2.29. The van der Waals surface area contributed by atoms with E-state index < -0.39 is 5.91 Å². The van der Waals surface area contributed by atoms with Crippen LogP contribution in [0.15, 0.2) is 46.9 Å². The number of imide groups is 1. The molecule has 0 unspecified atom stereocenters. The number of hydrogen-bond acceptors (Lipinski definition) is 3. The fourth-order valence-corrected chi connectivity index (χ4v) is 2.92. The van der Waals surface area contributed by atoms with Crippen molar-refractivity contribution in [3.63, 3.8) is 0 Å². The Hall–Kier alpha value is -2.40. The van der Waals surface area contributed by atoms with Crippen molar-refractivity contribution in [3.05, 3.63) is 63.6 Å². The molecule has 0 aromatic heterocycles. The maximum absolute atomic E-state index is 12.1. The number of ether oxygens (including phenoxy) is 1. The third kappa shape index (κ3) is 2.55. The Morgan fingerprint density at radius 3 is 2.45 bits per heavy atom.